The summed E-state index contributed by atoms with van der Waals surface area (Å²) in [6.07, 6.45) is 0.714. The first-order valence-electron chi connectivity index (χ1n) is 11.5. The Bertz CT molecular complexity index is 1360. The maximum atomic E-state index is 14.6. The van der Waals surface area contributed by atoms with Crippen LogP contribution in [0.25, 0.3) is 10.9 Å². The van der Waals surface area contributed by atoms with Crippen molar-refractivity contribution in [2.24, 2.45) is 0 Å². The van der Waals surface area contributed by atoms with E-state index in [1.807, 2.05) is 38.4 Å². The number of rotatable bonds is 7. The number of para-hydroxylation sites is 1. The lowest BCUT2D eigenvalue weighted by Crippen LogP contribution is -2.46. The van der Waals surface area contributed by atoms with Crippen molar-refractivity contribution >= 4 is 33.8 Å². The largest absolute Gasteiger partial charge is 0.490 e. The first-order valence-corrected chi connectivity index (χ1v) is 11.5. The molecule has 0 aliphatic heterocycles. The van der Waals surface area contributed by atoms with Gasteiger partial charge >= 0.3 is 6.18 Å². The van der Waals surface area contributed by atoms with Gasteiger partial charge < -0.3 is 20.3 Å². The lowest BCUT2D eigenvalue weighted by molar-refractivity contribution is -0.139. The molecule has 0 atom stereocenters. The molecule has 7 nitrogen and oxygen atoms in total. The number of nitrogens with one attached hydrogen (secondary N) is 2. The van der Waals surface area contributed by atoms with E-state index in [1.165, 1.54) is 24.8 Å². The van der Waals surface area contributed by atoms with E-state index in [0.717, 1.165) is 10.9 Å². The lowest BCUT2D eigenvalue weighted by Gasteiger charge is -2.39. The highest BCUT2D eigenvalue weighted by Gasteiger charge is 2.41. The van der Waals surface area contributed by atoms with Crippen LogP contribution in [0.5, 0.6) is 5.75 Å². The van der Waals surface area contributed by atoms with Gasteiger partial charge in [-0.15, -0.1) is 0 Å². The van der Waals surface area contributed by atoms with Crippen molar-refractivity contribution in [3.8, 4) is 5.75 Å². The van der Waals surface area contributed by atoms with E-state index < -0.39 is 11.7 Å². The summed E-state index contributed by atoms with van der Waals surface area (Å²) in [4.78, 5) is 14.4. The monoisotopic (exact) mass is 494 g/mol. The molecule has 0 bridgehead atoms. The SMILES string of the molecule is CN(C)C1CC(Oc2ccc(Nc3ccncn3)c(Nc3cnc4ccccc4c3)c2C(F)(F)F)C1. The molecule has 0 unspecified atom stereocenters. The summed E-state index contributed by atoms with van der Waals surface area (Å²) in [7, 11) is 3.91. The van der Waals surface area contributed by atoms with Gasteiger partial charge in [0.05, 0.1) is 28.8 Å². The van der Waals surface area contributed by atoms with Gasteiger partial charge in [0.15, 0.2) is 0 Å². The Kier molecular flexibility index (Phi) is 6.36. The van der Waals surface area contributed by atoms with Gasteiger partial charge in [-0.25, -0.2) is 9.97 Å². The number of hydrogen-bond acceptors (Lipinski definition) is 7. The summed E-state index contributed by atoms with van der Waals surface area (Å²) >= 11 is 0. The summed E-state index contributed by atoms with van der Waals surface area (Å²) in [6, 6.07) is 14.0. The van der Waals surface area contributed by atoms with E-state index in [1.54, 1.807) is 18.2 Å². The molecule has 1 saturated carbocycles. The molecule has 186 valence electrons. The van der Waals surface area contributed by atoms with Crippen LogP contribution >= 0.6 is 0 Å². The van der Waals surface area contributed by atoms with Crippen molar-refractivity contribution in [3.63, 3.8) is 0 Å². The second-order valence-corrected chi connectivity index (χ2v) is 8.95. The van der Waals surface area contributed by atoms with Crippen LogP contribution in [-0.2, 0) is 6.18 Å². The van der Waals surface area contributed by atoms with E-state index in [4.69, 9.17) is 4.74 Å². The fourth-order valence-electron chi connectivity index (χ4n) is 4.22. The van der Waals surface area contributed by atoms with Gasteiger partial charge in [-0.1, -0.05) is 18.2 Å². The highest BCUT2D eigenvalue weighted by molar-refractivity contribution is 5.86. The molecule has 36 heavy (non-hydrogen) atoms. The zero-order chi connectivity index (χ0) is 25.3. The highest BCUT2D eigenvalue weighted by atomic mass is 19.4. The third kappa shape index (κ3) is 5.03. The zero-order valence-electron chi connectivity index (χ0n) is 19.8. The van der Waals surface area contributed by atoms with Crippen LogP contribution in [0, 0.1) is 0 Å². The Morgan fingerprint density at radius 3 is 2.53 bits per heavy atom. The number of hydrogen-bond donors (Lipinski definition) is 2. The molecular weight excluding hydrogens is 469 g/mol. The summed E-state index contributed by atoms with van der Waals surface area (Å²) in [5.41, 5.74) is 0.304. The summed E-state index contributed by atoms with van der Waals surface area (Å²) in [5.74, 6) is 0.147. The number of pyridine rings is 1. The maximum absolute atomic E-state index is 14.6. The van der Waals surface area contributed by atoms with Crippen LogP contribution in [0.1, 0.15) is 18.4 Å². The fourth-order valence-corrected chi connectivity index (χ4v) is 4.22. The van der Waals surface area contributed by atoms with Crippen LogP contribution in [0.2, 0.25) is 0 Å². The predicted octanol–water partition coefficient (Wildman–Crippen LogP) is 6.00. The molecular formula is C26H25F3N6O. The first-order chi connectivity index (χ1) is 17.3. The minimum atomic E-state index is -4.68. The Morgan fingerprint density at radius 2 is 1.81 bits per heavy atom. The van der Waals surface area contributed by atoms with E-state index in [-0.39, 0.29) is 23.2 Å². The van der Waals surface area contributed by atoms with Crippen LogP contribution in [0.3, 0.4) is 0 Å². The molecule has 0 amide bonds. The van der Waals surface area contributed by atoms with Crippen molar-refractivity contribution in [1.29, 1.82) is 0 Å². The summed E-state index contributed by atoms with van der Waals surface area (Å²) in [6.45, 7) is 0. The fraction of sp³-hybridized carbons (Fsp3) is 0.269. The molecule has 10 heteroatoms. The molecule has 1 fully saturated rings. The van der Waals surface area contributed by atoms with Gasteiger partial charge in [-0.3, -0.25) is 4.98 Å². The van der Waals surface area contributed by atoms with E-state index in [9.17, 15) is 13.2 Å². The average molecular weight is 495 g/mol. The van der Waals surface area contributed by atoms with Gasteiger partial charge in [0.25, 0.3) is 0 Å². The van der Waals surface area contributed by atoms with E-state index in [2.05, 4.69) is 30.5 Å². The number of aromatic nitrogens is 3. The molecule has 5 rings (SSSR count). The Labute approximate surface area is 206 Å². The second kappa shape index (κ2) is 9.62. The molecule has 4 aromatic rings. The summed E-state index contributed by atoms with van der Waals surface area (Å²) < 4.78 is 49.6. The van der Waals surface area contributed by atoms with Crippen molar-refractivity contribution in [2.75, 3.05) is 24.7 Å². The Hall–Kier alpha value is -3.92. The van der Waals surface area contributed by atoms with Crippen molar-refractivity contribution in [1.82, 2.24) is 19.9 Å². The van der Waals surface area contributed by atoms with Gasteiger partial charge in [0, 0.05) is 17.6 Å². The van der Waals surface area contributed by atoms with Crippen molar-refractivity contribution < 1.29 is 17.9 Å². The number of fused-ring (bicyclic) bond motifs is 1. The third-order valence-electron chi connectivity index (χ3n) is 6.25. The average Bonchev–Trinajstić information content (AvgIpc) is 2.82. The van der Waals surface area contributed by atoms with E-state index in [0.29, 0.717) is 30.4 Å². The summed E-state index contributed by atoms with van der Waals surface area (Å²) in [5, 5.41) is 6.74. The number of alkyl halides is 3. The third-order valence-corrected chi connectivity index (χ3v) is 6.25. The normalized spacial score (nSPS) is 17.6. The van der Waals surface area contributed by atoms with Crippen molar-refractivity contribution in [2.45, 2.75) is 31.2 Å². The van der Waals surface area contributed by atoms with Gasteiger partial charge in [0.2, 0.25) is 0 Å². The number of nitrogens with zero attached hydrogens (tertiary/aromatic N) is 4. The standard InChI is InChI=1S/C26H25F3N6O/c1-35(2)18-12-19(13-18)36-22-8-7-21(34-23-9-10-30-15-32-23)25(24(22)26(27,28)29)33-17-11-16-5-3-4-6-20(16)31-14-17/h3-11,14-15,18-19,33H,12-13H2,1-2H3,(H,30,32,34). The number of halogens is 3. The minimum absolute atomic E-state index is 0.167. The smallest absolute Gasteiger partial charge is 0.422 e. The predicted molar refractivity (Wildman–Crippen MR) is 133 cm³/mol. The molecule has 2 N–H and O–H groups in total. The van der Waals surface area contributed by atoms with Crippen molar-refractivity contribution in [3.05, 3.63) is 72.8 Å². The van der Waals surface area contributed by atoms with Gasteiger partial charge in [-0.05, 0) is 57.3 Å². The molecule has 2 heterocycles. The van der Waals surface area contributed by atoms with Gasteiger partial charge in [0.1, 0.15) is 29.6 Å². The van der Waals surface area contributed by atoms with Crippen LogP contribution in [0.4, 0.5) is 36.1 Å². The zero-order valence-corrected chi connectivity index (χ0v) is 19.8. The molecule has 0 spiro atoms. The molecule has 0 saturated heterocycles. The van der Waals surface area contributed by atoms with E-state index >= 15 is 0 Å². The Balaban J connectivity index is 1.56. The number of benzene rings is 2. The van der Waals surface area contributed by atoms with Gasteiger partial charge in [-0.2, -0.15) is 13.2 Å². The molecule has 1 aliphatic rings. The molecule has 2 aromatic heterocycles. The topological polar surface area (TPSA) is 75.2 Å². The Morgan fingerprint density at radius 1 is 1.00 bits per heavy atom. The highest BCUT2D eigenvalue weighted by Crippen LogP contribution is 2.47. The van der Waals surface area contributed by atoms with Crippen LogP contribution in [-0.4, -0.2) is 46.1 Å². The quantitative estimate of drug-likeness (QED) is 0.326. The molecule has 1 aliphatic carbocycles. The minimum Gasteiger partial charge on any atom is -0.490 e. The maximum Gasteiger partial charge on any atom is 0.422 e. The van der Waals surface area contributed by atoms with Crippen LogP contribution in [0.15, 0.2) is 67.3 Å². The van der Waals surface area contributed by atoms with Crippen LogP contribution < -0.4 is 15.4 Å². The first kappa shape index (κ1) is 23.8. The lowest BCUT2D eigenvalue weighted by atomic mass is 9.88. The second-order valence-electron chi connectivity index (χ2n) is 8.95. The molecule has 0 radical (unpaired) electrons. The molecule has 2 aromatic carbocycles. The number of anilines is 4. The number of ether oxygens (including phenoxy) is 1.